The molecule has 23 heavy (non-hydrogen) atoms. The van der Waals surface area contributed by atoms with E-state index in [1.807, 2.05) is 12.1 Å². The predicted molar refractivity (Wildman–Crippen MR) is 90.7 cm³/mol. The molecule has 0 aromatic heterocycles. The van der Waals surface area contributed by atoms with Gasteiger partial charge < -0.3 is 10.6 Å². The van der Waals surface area contributed by atoms with Crippen LogP contribution >= 0.6 is 0 Å². The summed E-state index contributed by atoms with van der Waals surface area (Å²) in [5, 5.41) is 6.54. The molecule has 0 unspecified atom stereocenters. The van der Waals surface area contributed by atoms with E-state index >= 15 is 0 Å². The maximum absolute atomic E-state index is 12.1. The first-order valence-corrected chi connectivity index (χ1v) is 9.61. The molecule has 0 atom stereocenters. The molecule has 6 nitrogen and oxygen atoms in total. The van der Waals surface area contributed by atoms with Gasteiger partial charge in [-0.3, -0.25) is 4.99 Å². The van der Waals surface area contributed by atoms with Gasteiger partial charge in [0.05, 0.1) is 4.90 Å². The summed E-state index contributed by atoms with van der Waals surface area (Å²) in [7, 11) is -1.62. The zero-order valence-electron chi connectivity index (χ0n) is 13.4. The summed E-state index contributed by atoms with van der Waals surface area (Å²) in [6, 6.07) is 7.11. The van der Waals surface area contributed by atoms with Crippen LogP contribution < -0.4 is 15.4 Å². The molecule has 126 valence electrons. The van der Waals surface area contributed by atoms with Crippen LogP contribution in [0.4, 0.5) is 0 Å². The van der Waals surface area contributed by atoms with Gasteiger partial charge in [-0.15, -0.1) is 0 Å². The summed E-state index contributed by atoms with van der Waals surface area (Å²) in [4.78, 5) is 4.51. The number of nitrogens with zero attached hydrogens (tertiary/aromatic N) is 1. The maximum atomic E-state index is 12.1. The smallest absolute Gasteiger partial charge is 0.240 e. The average Bonchev–Trinajstić information content (AvgIpc) is 3.43. The summed E-state index contributed by atoms with van der Waals surface area (Å²) >= 11 is 0. The van der Waals surface area contributed by atoms with Crippen LogP contribution in [-0.4, -0.2) is 34.0 Å². The van der Waals surface area contributed by atoms with Crippen molar-refractivity contribution in [3.8, 4) is 0 Å². The number of hydrogen-bond donors (Lipinski definition) is 3. The lowest BCUT2D eigenvalue weighted by Crippen LogP contribution is -2.37. The van der Waals surface area contributed by atoms with Gasteiger partial charge in [0.1, 0.15) is 0 Å². The molecule has 2 aliphatic carbocycles. The van der Waals surface area contributed by atoms with E-state index in [1.54, 1.807) is 19.2 Å². The molecule has 0 radical (unpaired) electrons. The van der Waals surface area contributed by atoms with Crippen LogP contribution in [-0.2, 0) is 16.6 Å². The fourth-order valence-corrected chi connectivity index (χ4v) is 3.55. The second kappa shape index (κ2) is 6.88. The summed E-state index contributed by atoms with van der Waals surface area (Å²) in [6.07, 6.45) is 4.48. The molecule has 0 bridgehead atoms. The lowest BCUT2D eigenvalue weighted by Gasteiger charge is -2.12. The summed E-state index contributed by atoms with van der Waals surface area (Å²) < 4.78 is 26.9. The molecule has 0 heterocycles. The SMILES string of the molecule is CN=C(NCc1ccc(S(=O)(=O)NC2CC2)cc1)NCC1CC1. The molecule has 0 spiro atoms. The normalized spacial score (nSPS) is 18.7. The fourth-order valence-electron chi connectivity index (χ4n) is 2.24. The van der Waals surface area contributed by atoms with Crippen LogP contribution in [0.3, 0.4) is 0 Å². The van der Waals surface area contributed by atoms with Crippen molar-refractivity contribution >= 4 is 16.0 Å². The Kier molecular flexibility index (Phi) is 4.87. The molecule has 1 aromatic rings. The van der Waals surface area contributed by atoms with Gasteiger partial charge in [0, 0.05) is 26.2 Å². The van der Waals surface area contributed by atoms with E-state index in [1.165, 1.54) is 12.8 Å². The Labute approximate surface area is 137 Å². The first-order chi connectivity index (χ1) is 11.1. The van der Waals surface area contributed by atoms with Gasteiger partial charge in [-0.25, -0.2) is 13.1 Å². The molecule has 3 N–H and O–H groups in total. The van der Waals surface area contributed by atoms with Crippen molar-refractivity contribution in [1.82, 2.24) is 15.4 Å². The van der Waals surface area contributed by atoms with Crippen molar-refractivity contribution in [1.29, 1.82) is 0 Å². The highest BCUT2D eigenvalue weighted by atomic mass is 32.2. The van der Waals surface area contributed by atoms with Crippen LogP contribution in [0.25, 0.3) is 0 Å². The van der Waals surface area contributed by atoms with Crippen LogP contribution in [0.1, 0.15) is 31.2 Å². The monoisotopic (exact) mass is 336 g/mol. The summed E-state index contributed by atoms with van der Waals surface area (Å²) in [5.41, 5.74) is 1.02. The maximum Gasteiger partial charge on any atom is 0.240 e. The van der Waals surface area contributed by atoms with E-state index in [-0.39, 0.29) is 6.04 Å². The lowest BCUT2D eigenvalue weighted by atomic mass is 10.2. The number of benzene rings is 1. The summed E-state index contributed by atoms with van der Waals surface area (Å²) in [5.74, 6) is 1.57. The molecule has 3 rings (SSSR count). The number of hydrogen-bond acceptors (Lipinski definition) is 3. The number of nitrogens with one attached hydrogen (secondary N) is 3. The number of sulfonamides is 1. The Hall–Kier alpha value is -1.60. The molecule has 0 amide bonds. The molecule has 7 heteroatoms. The van der Waals surface area contributed by atoms with Crippen molar-refractivity contribution in [2.45, 2.75) is 43.2 Å². The second-order valence-electron chi connectivity index (χ2n) is 6.29. The van der Waals surface area contributed by atoms with Crippen molar-refractivity contribution < 1.29 is 8.42 Å². The van der Waals surface area contributed by atoms with E-state index in [0.29, 0.717) is 11.4 Å². The van der Waals surface area contributed by atoms with E-state index in [9.17, 15) is 8.42 Å². The zero-order chi connectivity index (χ0) is 16.3. The van der Waals surface area contributed by atoms with Crippen molar-refractivity contribution in [3.05, 3.63) is 29.8 Å². The molecule has 0 aliphatic heterocycles. The third-order valence-electron chi connectivity index (χ3n) is 4.07. The van der Waals surface area contributed by atoms with E-state index in [2.05, 4.69) is 20.3 Å². The largest absolute Gasteiger partial charge is 0.356 e. The van der Waals surface area contributed by atoms with Crippen molar-refractivity contribution in [2.24, 2.45) is 10.9 Å². The first kappa shape index (κ1) is 16.3. The van der Waals surface area contributed by atoms with Gasteiger partial charge in [0.15, 0.2) is 5.96 Å². The minimum Gasteiger partial charge on any atom is -0.356 e. The minimum atomic E-state index is -3.37. The third kappa shape index (κ3) is 4.94. The van der Waals surface area contributed by atoms with E-state index < -0.39 is 10.0 Å². The molecular formula is C16H24N4O2S. The van der Waals surface area contributed by atoms with Crippen molar-refractivity contribution in [2.75, 3.05) is 13.6 Å². The van der Waals surface area contributed by atoms with Crippen molar-refractivity contribution in [3.63, 3.8) is 0 Å². The highest BCUT2D eigenvalue weighted by molar-refractivity contribution is 7.89. The van der Waals surface area contributed by atoms with Crippen LogP contribution in [0.15, 0.2) is 34.2 Å². The highest BCUT2D eigenvalue weighted by Gasteiger charge is 2.27. The number of aliphatic imine (C=N–C) groups is 1. The molecular weight excluding hydrogens is 312 g/mol. The van der Waals surface area contributed by atoms with Gasteiger partial charge >= 0.3 is 0 Å². The molecule has 1 aromatic carbocycles. The average molecular weight is 336 g/mol. The van der Waals surface area contributed by atoms with Crippen LogP contribution in [0.5, 0.6) is 0 Å². The minimum absolute atomic E-state index is 0.127. The van der Waals surface area contributed by atoms with Crippen LogP contribution in [0, 0.1) is 5.92 Å². The van der Waals surface area contributed by atoms with Gasteiger partial charge in [0.25, 0.3) is 0 Å². The Balaban J connectivity index is 1.52. The van der Waals surface area contributed by atoms with Gasteiger partial charge in [-0.05, 0) is 49.3 Å². The Bertz CT molecular complexity index is 662. The Morgan fingerprint density at radius 2 is 1.83 bits per heavy atom. The molecule has 0 saturated heterocycles. The quantitative estimate of drug-likeness (QED) is 0.516. The standard InChI is InChI=1S/C16H24N4O2S/c1-17-16(18-10-12-2-3-12)19-11-13-4-8-15(9-5-13)23(21,22)20-14-6-7-14/h4-5,8-9,12,14,20H,2-3,6-7,10-11H2,1H3,(H2,17,18,19). The number of rotatable bonds is 7. The van der Waals surface area contributed by atoms with Gasteiger partial charge in [-0.1, -0.05) is 12.1 Å². The first-order valence-electron chi connectivity index (χ1n) is 8.12. The Morgan fingerprint density at radius 3 is 2.39 bits per heavy atom. The zero-order valence-corrected chi connectivity index (χ0v) is 14.2. The summed E-state index contributed by atoms with van der Waals surface area (Å²) in [6.45, 7) is 1.57. The topological polar surface area (TPSA) is 82.6 Å². The molecule has 2 saturated carbocycles. The highest BCUT2D eigenvalue weighted by Crippen LogP contribution is 2.27. The molecule has 2 fully saturated rings. The second-order valence-corrected chi connectivity index (χ2v) is 8.00. The third-order valence-corrected chi connectivity index (χ3v) is 5.61. The van der Waals surface area contributed by atoms with Gasteiger partial charge in [-0.2, -0.15) is 0 Å². The number of guanidine groups is 1. The molecule has 2 aliphatic rings. The van der Waals surface area contributed by atoms with E-state index in [0.717, 1.165) is 36.8 Å². The predicted octanol–water partition coefficient (Wildman–Crippen LogP) is 1.20. The lowest BCUT2D eigenvalue weighted by molar-refractivity contribution is 0.581. The van der Waals surface area contributed by atoms with Gasteiger partial charge in [0.2, 0.25) is 10.0 Å². The van der Waals surface area contributed by atoms with E-state index in [4.69, 9.17) is 0 Å². The van der Waals surface area contributed by atoms with Crippen LogP contribution in [0.2, 0.25) is 0 Å². The fraction of sp³-hybridized carbons (Fsp3) is 0.562. The Morgan fingerprint density at radius 1 is 1.13 bits per heavy atom.